The van der Waals surface area contributed by atoms with Crippen molar-refractivity contribution in [2.24, 2.45) is 0 Å². The van der Waals surface area contributed by atoms with Gasteiger partial charge < -0.3 is 10.1 Å². The molecule has 3 aromatic rings. The molecule has 1 amide bonds. The van der Waals surface area contributed by atoms with Crippen LogP contribution in [0.3, 0.4) is 0 Å². The molecule has 3 heterocycles. The number of hydrogen-bond donors (Lipinski definition) is 1. The molecule has 0 radical (unpaired) electrons. The number of nitriles is 1. The molecule has 33 heavy (non-hydrogen) atoms. The third-order valence-corrected chi connectivity index (χ3v) is 9.55. The minimum Gasteiger partial charge on any atom is -0.383 e. The van der Waals surface area contributed by atoms with Gasteiger partial charge in [0.2, 0.25) is 5.91 Å². The molecular weight excluding hydrogens is 476 g/mol. The van der Waals surface area contributed by atoms with E-state index in [9.17, 15) is 14.9 Å². The van der Waals surface area contributed by atoms with E-state index in [1.807, 2.05) is 0 Å². The first-order valence-electron chi connectivity index (χ1n) is 11.1. The molecule has 1 N–H and O–H groups in total. The number of ether oxygens (including phenoxy) is 1. The van der Waals surface area contributed by atoms with Crippen LogP contribution in [0.1, 0.15) is 45.7 Å². The summed E-state index contributed by atoms with van der Waals surface area (Å²) in [5.74, 6) is -0.0832. The molecule has 2 aliphatic carbocycles. The molecule has 0 saturated carbocycles. The van der Waals surface area contributed by atoms with Crippen LogP contribution in [-0.2, 0) is 41.8 Å². The number of rotatable bonds is 7. The molecule has 0 spiro atoms. The highest BCUT2D eigenvalue weighted by Gasteiger charge is 2.25. The zero-order valence-electron chi connectivity index (χ0n) is 18.4. The van der Waals surface area contributed by atoms with Gasteiger partial charge >= 0.3 is 0 Å². The Morgan fingerprint density at radius 1 is 1.18 bits per heavy atom. The zero-order chi connectivity index (χ0) is 22.9. The number of carbonyl (C=O) groups excluding carboxylic acids is 1. The van der Waals surface area contributed by atoms with Crippen LogP contribution in [-0.4, -0.2) is 34.9 Å². The van der Waals surface area contributed by atoms with Crippen molar-refractivity contribution in [3.05, 3.63) is 36.8 Å². The summed E-state index contributed by atoms with van der Waals surface area (Å²) in [7, 11) is 1.60. The number of thiophene rings is 2. The van der Waals surface area contributed by atoms with Crippen LogP contribution in [0.15, 0.2) is 9.95 Å². The molecule has 10 heteroatoms. The predicted octanol–water partition coefficient (Wildman–Crippen LogP) is 4.14. The van der Waals surface area contributed by atoms with E-state index in [1.165, 1.54) is 32.9 Å². The van der Waals surface area contributed by atoms with Crippen LogP contribution in [0.4, 0.5) is 5.00 Å². The van der Waals surface area contributed by atoms with E-state index in [-0.39, 0.29) is 17.2 Å². The van der Waals surface area contributed by atoms with Crippen molar-refractivity contribution in [2.45, 2.75) is 56.6 Å². The number of fused-ring (bicyclic) bond motifs is 4. The van der Waals surface area contributed by atoms with Crippen LogP contribution in [0.25, 0.3) is 10.2 Å². The molecule has 0 bridgehead atoms. The third-order valence-electron chi connectivity index (χ3n) is 6.18. The van der Waals surface area contributed by atoms with Gasteiger partial charge in [-0.1, -0.05) is 11.8 Å². The fourth-order valence-electron chi connectivity index (χ4n) is 4.61. The summed E-state index contributed by atoms with van der Waals surface area (Å²) in [4.78, 5) is 34.1. The fourth-order valence-corrected chi connectivity index (χ4v) is 8.00. The molecule has 7 nitrogen and oxygen atoms in total. The summed E-state index contributed by atoms with van der Waals surface area (Å²) in [5, 5.41) is 14.5. The average molecular weight is 501 g/mol. The van der Waals surface area contributed by atoms with Gasteiger partial charge in [-0.05, 0) is 56.1 Å². The molecule has 0 saturated heterocycles. The standard InChI is InChI=1S/C23H24N4O3S3/c1-30-10-9-27-22(29)19-14-6-4-8-17(14)33-21(19)26-23(27)31-12-18(28)25-20-15(11-24)13-5-2-3-7-16(13)32-20/h2-10,12H2,1H3,(H,25,28). The lowest BCUT2D eigenvalue weighted by atomic mass is 9.96. The van der Waals surface area contributed by atoms with E-state index < -0.39 is 0 Å². The molecule has 0 atom stereocenters. The van der Waals surface area contributed by atoms with Gasteiger partial charge in [-0.3, -0.25) is 14.2 Å². The minimum absolute atomic E-state index is 0.0444. The number of nitrogens with one attached hydrogen (secondary N) is 1. The summed E-state index contributed by atoms with van der Waals surface area (Å²) in [6, 6.07) is 2.28. The van der Waals surface area contributed by atoms with Crippen LogP contribution < -0.4 is 10.9 Å². The van der Waals surface area contributed by atoms with E-state index in [2.05, 4.69) is 11.4 Å². The molecule has 172 valence electrons. The van der Waals surface area contributed by atoms with Crippen molar-refractivity contribution >= 4 is 55.6 Å². The first-order chi connectivity index (χ1) is 16.1. The Morgan fingerprint density at radius 2 is 1.94 bits per heavy atom. The Morgan fingerprint density at radius 3 is 2.76 bits per heavy atom. The van der Waals surface area contributed by atoms with Crippen LogP contribution in [0.2, 0.25) is 0 Å². The molecule has 0 unspecified atom stereocenters. The van der Waals surface area contributed by atoms with Gasteiger partial charge in [0, 0.05) is 16.9 Å². The topological polar surface area (TPSA) is 97.0 Å². The highest BCUT2D eigenvalue weighted by Crippen LogP contribution is 2.38. The first kappa shape index (κ1) is 22.6. The Hall–Kier alpha value is -2.19. The van der Waals surface area contributed by atoms with Crippen molar-refractivity contribution in [1.82, 2.24) is 9.55 Å². The largest absolute Gasteiger partial charge is 0.383 e. The lowest BCUT2D eigenvalue weighted by molar-refractivity contribution is -0.113. The average Bonchev–Trinajstić information content (AvgIpc) is 3.49. The van der Waals surface area contributed by atoms with Crippen molar-refractivity contribution in [1.29, 1.82) is 5.26 Å². The molecule has 0 aliphatic heterocycles. The Balaban J connectivity index is 1.38. The Bertz CT molecular complexity index is 1330. The SMILES string of the molecule is COCCn1c(SCC(=O)Nc2sc3c(c2C#N)CCCC3)nc2sc3c(c2c1=O)CCC3. The number of amides is 1. The van der Waals surface area contributed by atoms with E-state index in [0.717, 1.165) is 66.3 Å². The van der Waals surface area contributed by atoms with Crippen molar-refractivity contribution in [2.75, 3.05) is 24.8 Å². The second kappa shape index (κ2) is 9.58. The monoisotopic (exact) mass is 500 g/mol. The lowest BCUT2D eigenvalue weighted by Crippen LogP contribution is -2.26. The maximum Gasteiger partial charge on any atom is 0.263 e. The second-order valence-corrected chi connectivity index (χ2v) is 11.4. The Kier molecular flexibility index (Phi) is 6.56. The van der Waals surface area contributed by atoms with E-state index >= 15 is 0 Å². The molecule has 0 fully saturated rings. The van der Waals surface area contributed by atoms with Gasteiger partial charge in [-0.25, -0.2) is 4.98 Å². The number of anilines is 1. The number of thioether (sulfide) groups is 1. The third kappa shape index (κ3) is 4.23. The molecule has 5 rings (SSSR count). The quantitative estimate of drug-likeness (QED) is 0.387. The normalized spacial score (nSPS) is 14.8. The van der Waals surface area contributed by atoms with Crippen LogP contribution in [0.5, 0.6) is 0 Å². The summed E-state index contributed by atoms with van der Waals surface area (Å²) in [6.07, 6.45) is 7.10. The number of carbonyl (C=O) groups is 1. The predicted molar refractivity (Wildman–Crippen MR) is 133 cm³/mol. The summed E-state index contributed by atoms with van der Waals surface area (Å²) < 4.78 is 6.85. The van der Waals surface area contributed by atoms with Crippen LogP contribution in [0, 0.1) is 11.3 Å². The summed E-state index contributed by atoms with van der Waals surface area (Å²) in [5.41, 5.74) is 2.82. The van der Waals surface area contributed by atoms with Gasteiger partial charge in [0.1, 0.15) is 15.9 Å². The van der Waals surface area contributed by atoms with Gasteiger partial charge in [-0.2, -0.15) is 5.26 Å². The maximum absolute atomic E-state index is 13.3. The smallest absolute Gasteiger partial charge is 0.263 e. The number of aromatic nitrogens is 2. The summed E-state index contributed by atoms with van der Waals surface area (Å²) >= 11 is 4.37. The Labute approximate surface area is 203 Å². The van der Waals surface area contributed by atoms with Crippen molar-refractivity contribution in [3.8, 4) is 6.07 Å². The summed E-state index contributed by atoms with van der Waals surface area (Å²) in [6.45, 7) is 0.786. The number of nitrogens with zero attached hydrogens (tertiary/aromatic N) is 3. The lowest BCUT2D eigenvalue weighted by Gasteiger charge is -2.12. The molecule has 3 aromatic heterocycles. The van der Waals surface area contributed by atoms with E-state index in [1.54, 1.807) is 23.0 Å². The molecule has 2 aliphatic rings. The number of hydrogen-bond acceptors (Lipinski definition) is 8. The minimum atomic E-state index is -0.198. The highest BCUT2D eigenvalue weighted by atomic mass is 32.2. The molecular formula is C23H24N4O3S3. The van der Waals surface area contributed by atoms with E-state index in [0.29, 0.717) is 28.9 Å². The fraction of sp³-hybridized carbons (Fsp3) is 0.478. The van der Waals surface area contributed by atoms with Gasteiger partial charge in [-0.15, -0.1) is 22.7 Å². The second-order valence-electron chi connectivity index (χ2n) is 8.25. The van der Waals surface area contributed by atoms with Crippen molar-refractivity contribution in [3.63, 3.8) is 0 Å². The van der Waals surface area contributed by atoms with E-state index in [4.69, 9.17) is 9.72 Å². The number of aryl methyl sites for hydroxylation is 3. The van der Waals surface area contributed by atoms with Gasteiger partial charge in [0.05, 0.1) is 29.9 Å². The van der Waals surface area contributed by atoms with Crippen LogP contribution >= 0.6 is 34.4 Å². The van der Waals surface area contributed by atoms with Crippen molar-refractivity contribution < 1.29 is 9.53 Å². The van der Waals surface area contributed by atoms with Gasteiger partial charge in [0.15, 0.2) is 5.16 Å². The first-order valence-corrected chi connectivity index (χ1v) is 13.7. The molecule has 0 aromatic carbocycles. The van der Waals surface area contributed by atoms with Gasteiger partial charge in [0.25, 0.3) is 5.56 Å². The number of methoxy groups -OCH3 is 1. The highest BCUT2D eigenvalue weighted by molar-refractivity contribution is 7.99. The zero-order valence-corrected chi connectivity index (χ0v) is 20.8. The maximum atomic E-state index is 13.3.